The number of fused-ring (bicyclic) bond motifs is 3. The van der Waals surface area contributed by atoms with Gasteiger partial charge in [0.1, 0.15) is 24.2 Å². The maximum Gasteiger partial charge on any atom is 0.306 e. The molecule has 2 aromatic carbocycles. The van der Waals surface area contributed by atoms with Crippen LogP contribution in [0.2, 0.25) is 0 Å². The smallest absolute Gasteiger partial charge is 0.306 e. The number of halogens is 2. The largest absolute Gasteiger partial charge is 0.505 e. The van der Waals surface area contributed by atoms with Crippen LogP contribution < -0.4 is 4.74 Å². The Balaban J connectivity index is 1.40. The van der Waals surface area contributed by atoms with E-state index in [9.17, 15) is 23.8 Å². The number of rotatable bonds is 7. The van der Waals surface area contributed by atoms with Crippen molar-refractivity contribution in [3.05, 3.63) is 58.8 Å². The van der Waals surface area contributed by atoms with Crippen LogP contribution in [0.3, 0.4) is 0 Å². The molecular weight excluding hydrogens is 475 g/mol. The van der Waals surface area contributed by atoms with Gasteiger partial charge in [0, 0.05) is 17.5 Å². The second-order valence-electron chi connectivity index (χ2n) is 9.34. The van der Waals surface area contributed by atoms with Crippen LogP contribution in [0.4, 0.5) is 8.78 Å². The molecule has 0 bridgehead atoms. The second kappa shape index (κ2) is 9.40. The quantitative estimate of drug-likeness (QED) is 0.384. The number of hydrogen-bond donors (Lipinski definition) is 2. The molecular formula is C26H28F2NO5P. The lowest BCUT2D eigenvalue weighted by Gasteiger charge is -2.24. The number of alkyl halides is 2. The van der Waals surface area contributed by atoms with Crippen molar-refractivity contribution >= 4 is 26.1 Å². The summed E-state index contributed by atoms with van der Waals surface area (Å²) >= 11 is 0. The highest BCUT2D eigenvalue weighted by Gasteiger charge is 2.32. The molecule has 2 aliphatic rings. The lowest BCUT2D eigenvalue weighted by atomic mass is 9.91. The fourth-order valence-electron chi connectivity index (χ4n) is 5.41. The minimum absolute atomic E-state index is 0.0257. The first-order chi connectivity index (χ1) is 16.7. The monoisotopic (exact) mass is 503 g/mol. The van der Waals surface area contributed by atoms with E-state index in [1.807, 2.05) is 22.8 Å². The van der Waals surface area contributed by atoms with Crippen molar-refractivity contribution in [2.45, 2.75) is 62.9 Å². The maximum atomic E-state index is 14.4. The van der Waals surface area contributed by atoms with Crippen LogP contribution in [0.1, 0.15) is 66.5 Å². The van der Waals surface area contributed by atoms with Gasteiger partial charge in [0.2, 0.25) is 0 Å². The molecule has 1 aliphatic carbocycles. The number of carbonyl (C=O) groups is 1. The maximum absolute atomic E-state index is 14.4. The average molecular weight is 503 g/mol. The third-order valence-corrected chi connectivity index (χ3v) is 7.33. The summed E-state index contributed by atoms with van der Waals surface area (Å²) in [5, 5.41) is 20.6. The third-order valence-electron chi connectivity index (χ3n) is 7.02. The summed E-state index contributed by atoms with van der Waals surface area (Å²) in [6, 6.07) is 10.4. The van der Waals surface area contributed by atoms with Crippen molar-refractivity contribution in [3.8, 4) is 11.5 Å². The minimum atomic E-state index is -3.02. The first-order valence-corrected chi connectivity index (χ1v) is 12.4. The van der Waals surface area contributed by atoms with E-state index in [1.165, 1.54) is 6.07 Å². The molecule has 186 valence electrons. The summed E-state index contributed by atoms with van der Waals surface area (Å²) in [5.74, 6) is -0.383. The molecule has 0 spiro atoms. The Morgan fingerprint density at radius 1 is 1.20 bits per heavy atom. The second-order valence-corrected chi connectivity index (χ2v) is 10.1. The number of aromatic hydroxyl groups is 1. The summed E-state index contributed by atoms with van der Waals surface area (Å²) in [7, 11) is 1.66. The number of aliphatic carboxylic acids is 1. The van der Waals surface area contributed by atoms with Crippen molar-refractivity contribution in [2.24, 2.45) is 0 Å². The number of hydrogen-bond acceptors (Lipinski definition) is 4. The number of ether oxygens (including phenoxy) is 2. The van der Waals surface area contributed by atoms with Gasteiger partial charge in [-0.05, 0) is 54.2 Å². The lowest BCUT2D eigenvalue weighted by molar-refractivity contribution is -0.141. The number of aromatic nitrogens is 1. The van der Waals surface area contributed by atoms with Gasteiger partial charge in [0.25, 0.3) is 5.66 Å². The zero-order valence-electron chi connectivity index (χ0n) is 19.2. The van der Waals surface area contributed by atoms with Crippen molar-refractivity contribution < 1.29 is 33.3 Å². The Kier molecular flexibility index (Phi) is 6.45. The van der Waals surface area contributed by atoms with E-state index in [4.69, 9.17) is 9.47 Å². The summed E-state index contributed by atoms with van der Waals surface area (Å²) in [6.45, 7) is 0.956. The number of nitrogens with zero attached hydrogens (tertiary/aromatic N) is 1. The Labute approximate surface area is 204 Å². The minimum Gasteiger partial charge on any atom is -0.505 e. The van der Waals surface area contributed by atoms with E-state index >= 15 is 0 Å². The summed E-state index contributed by atoms with van der Waals surface area (Å²) in [6.07, 6.45) is 3.04. The Morgan fingerprint density at radius 3 is 2.69 bits per heavy atom. The molecule has 3 aromatic rings. The molecule has 0 amide bonds. The SMILES string of the molecule is O=C(O)CC1OCCn2c1c(O)c1cc(OCc3ccc(C4CCCC4)c(C(F)(F)P)c3)ccc12. The molecule has 0 radical (unpaired) electrons. The zero-order chi connectivity index (χ0) is 24.7. The molecule has 35 heavy (non-hydrogen) atoms. The van der Waals surface area contributed by atoms with Gasteiger partial charge in [-0.2, -0.15) is 8.78 Å². The van der Waals surface area contributed by atoms with Crippen LogP contribution in [-0.2, 0) is 28.3 Å². The summed E-state index contributed by atoms with van der Waals surface area (Å²) in [5.41, 5.74) is -0.420. The van der Waals surface area contributed by atoms with E-state index in [1.54, 1.807) is 21.4 Å². The number of carboxylic acid groups (broad SMARTS) is 1. The standard InChI is InChI=1S/C26H28F2NO5P/c27-26(28,35)20-11-15(5-7-18(20)16-3-1-2-4-16)14-34-17-6-8-21-19(12-17)25(32)24-22(13-23(30)31)33-10-9-29(21)24/h5-8,11-12,16,22,32H,1-4,9-10,13-14,35H2,(H,30,31). The molecule has 1 aliphatic heterocycles. The number of benzene rings is 2. The van der Waals surface area contributed by atoms with Gasteiger partial charge in [-0.3, -0.25) is 4.79 Å². The molecule has 0 saturated heterocycles. The van der Waals surface area contributed by atoms with Gasteiger partial charge in [0.05, 0.1) is 24.2 Å². The highest BCUT2D eigenvalue weighted by Crippen LogP contribution is 2.45. The van der Waals surface area contributed by atoms with Gasteiger partial charge in [-0.1, -0.05) is 34.2 Å². The van der Waals surface area contributed by atoms with Crippen molar-refractivity contribution in [1.82, 2.24) is 4.57 Å². The van der Waals surface area contributed by atoms with Crippen molar-refractivity contribution in [2.75, 3.05) is 6.61 Å². The van der Waals surface area contributed by atoms with E-state index < -0.39 is 17.7 Å². The molecule has 2 N–H and O–H groups in total. The van der Waals surface area contributed by atoms with Crippen molar-refractivity contribution in [3.63, 3.8) is 0 Å². The molecule has 1 saturated carbocycles. The van der Waals surface area contributed by atoms with Crippen LogP contribution in [0, 0.1) is 0 Å². The third kappa shape index (κ3) is 4.74. The van der Waals surface area contributed by atoms with Gasteiger partial charge in [0.15, 0.2) is 0 Å². The molecule has 2 heterocycles. The van der Waals surface area contributed by atoms with Gasteiger partial charge in [-0.15, -0.1) is 0 Å². The molecule has 6 nitrogen and oxygen atoms in total. The van der Waals surface area contributed by atoms with Crippen LogP contribution in [0.15, 0.2) is 36.4 Å². The predicted octanol–water partition coefficient (Wildman–Crippen LogP) is 6.05. The van der Waals surface area contributed by atoms with E-state index in [2.05, 4.69) is 0 Å². The molecule has 2 unspecified atom stereocenters. The van der Waals surface area contributed by atoms with Gasteiger partial charge in [-0.25, -0.2) is 0 Å². The molecule has 2 atom stereocenters. The fraction of sp³-hybridized carbons (Fsp3) is 0.423. The predicted molar refractivity (Wildman–Crippen MR) is 130 cm³/mol. The Bertz CT molecular complexity index is 1260. The molecule has 1 fully saturated rings. The normalized spacial score (nSPS) is 18.7. The molecule has 9 heteroatoms. The Hall–Kier alpha value is -2.70. The topological polar surface area (TPSA) is 80.9 Å². The summed E-state index contributed by atoms with van der Waals surface area (Å²) < 4.78 is 42.2. The van der Waals surface area contributed by atoms with E-state index in [0.29, 0.717) is 35.5 Å². The van der Waals surface area contributed by atoms with Crippen LogP contribution >= 0.6 is 9.24 Å². The van der Waals surface area contributed by atoms with Crippen LogP contribution in [-0.4, -0.2) is 27.4 Å². The first-order valence-electron chi connectivity index (χ1n) is 11.8. The highest BCUT2D eigenvalue weighted by atomic mass is 31.0. The van der Waals surface area contributed by atoms with Gasteiger partial charge >= 0.3 is 5.97 Å². The first kappa shape index (κ1) is 24.0. The van der Waals surface area contributed by atoms with Crippen LogP contribution in [0.5, 0.6) is 11.5 Å². The molecule has 1 aromatic heterocycles. The number of carboxylic acids is 1. The average Bonchev–Trinajstić information content (AvgIpc) is 3.44. The zero-order valence-corrected chi connectivity index (χ0v) is 20.3. The highest BCUT2D eigenvalue weighted by molar-refractivity contribution is 7.17. The van der Waals surface area contributed by atoms with Gasteiger partial charge < -0.3 is 24.3 Å². The van der Waals surface area contributed by atoms with Crippen molar-refractivity contribution in [1.29, 1.82) is 0 Å². The van der Waals surface area contributed by atoms with E-state index in [0.717, 1.165) is 36.8 Å². The molecule has 5 rings (SSSR count). The summed E-state index contributed by atoms with van der Waals surface area (Å²) in [4.78, 5) is 11.2. The Morgan fingerprint density at radius 2 is 1.97 bits per heavy atom. The fourth-order valence-corrected chi connectivity index (χ4v) is 5.66. The lowest BCUT2D eigenvalue weighted by Crippen LogP contribution is -2.23. The van der Waals surface area contributed by atoms with E-state index in [-0.39, 0.29) is 30.3 Å². The van der Waals surface area contributed by atoms with Crippen LogP contribution in [0.25, 0.3) is 10.9 Å².